The lowest BCUT2D eigenvalue weighted by Gasteiger charge is -2.35. The van der Waals surface area contributed by atoms with Crippen LogP contribution in [0.4, 0.5) is 11.9 Å². The van der Waals surface area contributed by atoms with Crippen molar-refractivity contribution in [2.75, 3.05) is 23.7 Å². The normalized spacial score (nSPS) is 18.2. The van der Waals surface area contributed by atoms with E-state index in [4.69, 9.17) is 20.2 Å². The molecule has 2 aromatic carbocycles. The van der Waals surface area contributed by atoms with Gasteiger partial charge in [0.1, 0.15) is 0 Å². The first-order chi connectivity index (χ1) is 32.1. The van der Waals surface area contributed by atoms with Crippen LogP contribution in [-0.2, 0) is 39.0 Å². The van der Waals surface area contributed by atoms with E-state index in [1.165, 1.54) is 62.5 Å². The summed E-state index contributed by atoms with van der Waals surface area (Å²) in [7, 11) is 0. The van der Waals surface area contributed by atoms with Gasteiger partial charge in [0.2, 0.25) is 11.9 Å². The van der Waals surface area contributed by atoms with E-state index in [0.29, 0.717) is 25.2 Å². The largest absolute Gasteiger partial charge is 0.382 e. The molecule has 12 nitrogen and oxygen atoms in total. The highest BCUT2D eigenvalue weighted by atomic mass is 15.3. The van der Waals surface area contributed by atoms with E-state index >= 15 is 0 Å². The number of anilines is 2. The second-order valence-electron chi connectivity index (χ2n) is 18.8. The Morgan fingerprint density at radius 3 is 1.73 bits per heavy atom. The molecular weight excluding hydrogens is 817 g/mol. The van der Waals surface area contributed by atoms with Crippen molar-refractivity contribution in [1.82, 2.24) is 48.9 Å². The predicted molar refractivity (Wildman–Crippen MR) is 274 cm³/mol. The van der Waals surface area contributed by atoms with Gasteiger partial charge in [0.15, 0.2) is 0 Å². The van der Waals surface area contributed by atoms with Crippen LogP contribution in [-0.4, -0.2) is 68.7 Å². The number of hydrogen-bond donors (Lipinski definition) is 3. The zero-order valence-electron chi connectivity index (χ0n) is 39.9. The summed E-state index contributed by atoms with van der Waals surface area (Å²) in [5.41, 5.74) is 15.4. The number of piperidine rings is 1. The number of rotatable bonds is 13. The number of benzene rings is 2. The fourth-order valence-corrected chi connectivity index (χ4v) is 10.8. The quantitative estimate of drug-likeness (QED) is 0.0984. The Bertz CT molecular complexity index is 2790. The van der Waals surface area contributed by atoms with Gasteiger partial charge >= 0.3 is 0 Å². The van der Waals surface area contributed by atoms with Crippen LogP contribution in [0.1, 0.15) is 123 Å². The summed E-state index contributed by atoms with van der Waals surface area (Å²) in [6.45, 7) is 31.2. The van der Waals surface area contributed by atoms with Gasteiger partial charge < -0.3 is 30.0 Å². The van der Waals surface area contributed by atoms with Gasteiger partial charge in [0.05, 0.1) is 56.2 Å². The summed E-state index contributed by atoms with van der Waals surface area (Å²) < 4.78 is 8.68. The zero-order chi connectivity index (χ0) is 45.9. The molecule has 1 saturated carbocycles. The van der Waals surface area contributed by atoms with Crippen LogP contribution in [0.15, 0.2) is 74.9 Å². The molecular formula is C54H70N12. The Kier molecular flexibility index (Phi) is 13.5. The van der Waals surface area contributed by atoms with Crippen molar-refractivity contribution >= 4 is 57.1 Å². The van der Waals surface area contributed by atoms with Crippen LogP contribution in [0.25, 0.3) is 45.2 Å². The number of imidazole rings is 2. The Morgan fingerprint density at radius 2 is 1.18 bits per heavy atom. The first-order valence-corrected chi connectivity index (χ1v) is 24.7. The van der Waals surface area contributed by atoms with E-state index in [1.807, 2.05) is 29.3 Å². The highest BCUT2D eigenvalue weighted by molar-refractivity contribution is 5.89. The van der Waals surface area contributed by atoms with Gasteiger partial charge in [-0.15, -0.1) is 0 Å². The highest BCUT2D eigenvalue weighted by Gasteiger charge is 2.26. The van der Waals surface area contributed by atoms with Crippen molar-refractivity contribution in [3.05, 3.63) is 120 Å². The molecule has 1 aliphatic carbocycles. The van der Waals surface area contributed by atoms with E-state index in [-0.39, 0.29) is 0 Å². The van der Waals surface area contributed by atoms with E-state index in [1.54, 1.807) is 0 Å². The summed E-state index contributed by atoms with van der Waals surface area (Å²) in [6, 6.07) is 14.2. The zero-order valence-corrected chi connectivity index (χ0v) is 39.9. The smallest absolute Gasteiger partial charge is 0.208 e. The van der Waals surface area contributed by atoms with Crippen molar-refractivity contribution in [3.63, 3.8) is 0 Å². The van der Waals surface area contributed by atoms with Gasteiger partial charge in [-0.25, -0.2) is 9.97 Å². The van der Waals surface area contributed by atoms with Crippen molar-refractivity contribution in [3.8, 4) is 0 Å². The molecule has 2 fully saturated rings. The van der Waals surface area contributed by atoms with Crippen LogP contribution in [0, 0.1) is 13.8 Å². The molecule has 0 radical (unpaired) electrons. The monoisotopic (exact) mass is 887 g/mol. The van der Waals surface area contributed by atoms with E-state index in [0.717, 1.165) is 137 Å². The molecule has 0 bridgehead atoms. The van der Waals surface area contributed by atoms with Crippen molar-refractivity contribution in [2.24, 2.45) is 0 Å². The first kappa shape index (κ1) is 45.0. The number of hydrogen-bond acceptors (Lipinski definition) is 8. The predicted octanol–water partition coefficient (Wildman–Crippen LogP) is 11.1. The molecule has 3 N–H and O–H groups in total. The lowest BCUT2D eigenvalue weighted by Crippen LogP contribution is -2.39. The minimum atomic E-state index is 0.399. The fourth-order valence-electron chi connectivity index (χ4n) is 10.8. The Morgan fingerprint density at radius 1 is 0.652 bits per heavy atom. The summed E-state index contributed by atoms with van der Waals surface area (Å²) in [6.07, 6.45) is 20.4. The van der Waals surface area contributed by atoms with Crippen LogP contribution >= 0.6 is 0 Å². The third-order valence-electron chi connectivity index (χ3n) is 14.1. The molecule has 0 spiro atoms. The van der Waals surface area contributed by atoms with Crippen LogP contribution < -0.4 is 16.0 Å². The molecule has 2 aliphatic heterocycles. The summed E-state index contributed by atoms with van der Waals surface area (Å²) in [5, 5.41) is 20.7. The molecule has 66 heavy (non-hydrogen) atoms. The minimum absolute atomic E-state index is 0.399. The maximum absolute atomic E-state index is 5.41. The second kappa shape index (κ2) is 19.8. The van der Waals surface area contributed by atoms with Crippen molar-refractivity contribution < 1.29 is 0 Å². The number of likely N-dealkylation sites (tertiary alicyclic amines) is 1. The number of allylic oxidation sites excluding steroid dienone is 2. The lowest BCUT2D eigenvalue weighted by atomic mass is 9.93. The Hall–Kier alpha value is -6.14. The van der Waals surface area contributed by atoms with Crippen molar-refractivity contribution in [2.45, 2.75) is 143 Å². The third kappa shape index (κ3) is 9.43. The first-order valence-electron chi connectivity index (χ1n) is 24.7. The van der Waals surface area contributed by atoms with Crippen molar-refractivity contribution in [1.29, 1.82) is 0 Å². The van der Waals surface area contributed by atoms with Gasteiger partial charge in [0, 0.05) is 44.0 Å². The average Bonchev–Trinajstić information content (AvgIpc) is 4.09. The molecule has 1 atom stereocenters. The SMILES string of the molecule is C=Cc1cc2c3c(c1)nc(NC(=C)c1cc(C)nn1CC)n3C/C=C/Cn1c(NC(=C)c3cc(C)nn3CC)nc3cc(C(=C)NC4CCCCC4)cc(c31)CCC(N1CCCCC1)CC2. The highest BCUT2D eigenvalue weighted by Crippen LogP contribution is 2.34. The summed E-state index contributed by atoms with van der Waals surface area (Å²) >= 11 is 0. The lowest BCUT2D eigenvalue weighted by molar-refractivity contribution is 0.148. The molecule has 6 heterocycles. The number of nitrogens with one attached hydrogen (secondary N) is 3. The van der Waals surface area contributed by atoms with Crippen LogP contribution in [0.2, 0.25) is 0 Å². The summed E-state index contributed by atoms with van der Waals surface area (Å²) in [4.78, 5) is 13.5. The molecule has 3 aliphatic rings. The maximum Gasteiger partial charge on any atom is 0.208 e. The average molecular weight is 887 g/mol. The molecule has 1 unspecified atom stereocenters. The molecule has 346 valence electrons. The molecule has 1 saturated heterocycles. The molecule has 0 amide bonds. The summed E-state index contributed by atoms with van der Waals surface area (Å²) in [5.74, 6) is 1.52. The molecule has 12 heteroatoms. The standard InChI is InChI=1S/C54H70N12/c1-9-41-32-42-22-24-46(62-26-16-13-17-27-62)25-23-43-34-44(38(6)55-45-20-14-12-15-21-45)35-48-52(43)64(54(59-48)57-40(8)50-31-37(5)61-66(50)11-3)29-19-18-28-63-51(42)47(33-41)58-53(63)56-39(7)49-30-36(4)60-65(49)10-2/h9,18-19,30-35,45-46,55H,1,6-8,10-17,20-29H2,2-5H3,(H,56,58)(H,57,59)/b19-18+. The molecule has 4 aromatic heterocycles. The van der Waals surface area contributed by atoms with Crippen LogP contribution in [0.3, 0.4) is 0 Å². The van der Waals surface area contributed by atoms with Gasteiger partial charge in [0.25, 0.3) is 0 Å². The number of aryl methyl sites for hydroxylation is 6. The topological polar surface area (TPSA) is 111 Å². The van der Waals surface area contributed by atoms with Gasteiger partial charge in [-0.2, -0.15) is 10.2 Å². The Labute approximate surface area is 391 Å². The minimum Gasteiger partial charge on any atom is -0.382 e. The van der Waals surface area contributed by atoms with E-state index in [9.17, 15) is 0 Å². The second-order valence-corrected chi connectivity index (χ2v) is 18.8. The van der Waals surface area contributed by atoms with Gasteiger partial charge in [-0.1, -0.05) is 70.2 Å². The van der Waals surface area contributed by atoms with Crippen LogP contribution in [0.5, 0.6) is 0 Å². The fraction of sp³-hybridized carbons (Fsp3) is 0.444. The molecule has 6 aromatic rings. The Balaban J connectivity index is 1.16. The van der Waals surface area contributed by atoms with E-state index in [2.05, 4.69) is 119 Å². The molecule has 9 rings (SSSR count). The van der Waals surface area contributed by atoms with Gasteiger partial charge in [-0.05, 0) is 151 Å². The maximum atomic E-state index is 5.41. The van der Waals surface area contributed by atoms with E-state index < -0.39 is 0 Å². The third-order valence-corrected chi connectivity index (χ3v) is 14.1. The number of aromatic nitrogens is 8. The number of nitrogens with zero attached hydrogens (tertiary/aromatic N) is 9. The van der Waals surface area contributed by atoms with Gasteiger partial charge in [-0.3, -0.25) is 9.36 Å².